The number of nitro benzene ring substituents is 1. The van der Waals surface area contributed by atoms with E-state index in [1.807, 2.05) is 0 Å². The molecule has 0 bridgehead atoms. The molecule has 3 aromatic rings. The molecule has 2 heterocycles. The number of hydrogen-bond donors (Lipinski definition) is 2. The van der Waals surface area contributed by atoms with Crippen LogP contribution in [0.1, 0.15) is 21.2 Å². The molecule has 0 atom stereocenters. The van der Waals surface area contributed by atoms with Gasteiger partial charge in [-0.1, -0.05) is 17.3 Å². The van der Waals surface area contributed by atoms with Crippen molar-refractivity contribution in [2.45, 2.75) is 0 Å². The van der Waals surface area contributed by atoms with Crippen LogP contribution in [0.5, 0.6) is 0 Å². The molecule has 0 aliphatic heterocycles. The van der Waals surface area contributed by atoms with Crippen LogP contribution in [0.3, 0.4) is 0 Å². The monoisotopic (exact) mass is 383 g/mol. The molecule has 0 aliphatic rings. The van der Waals surface area contributed by atoms with Gasteiger partial charge in [0.2, 0.25) is 5.82 Å². The van der Waals surface area contributed by atoms with E-state index in [0.717, 1.165) is 0 Å². The summed E-state index contributed by atoms with van der Waals surface area (Å²) in [6, 6.07) is 5.63. The third-order valence-electron chi connectivity index (χ3n) is 3.43. The van der Waals surface area contributed by atoms with Gasteiger partial charge in [0.05, 0.1) is 11.1 Å². The lowest BCUT2D eigenvalue weighted by atomic mass is 10.2. The molecule has 0 saturated carbocycles. The Balaban J connectivity index is 1.52. The topological polar surface area (TPSA) is 166 Å². The van der Waals surface area contributed by atoms with Crippen LogP contribution in [0.25, 0.3) is 11.4 Å². The molecule has 12 nitrogen and oxygen atoms in total. The number of amides is 2. The van der Waals surface area contributed by atoms with Crippen molar-refractivity contribution in [3.05, 3.63) is 64.6 Å². The number of rotatable bonds is 7. The van der Waals surface area contributed by atoms with Gasteiger partial charge in [-0.15, -0.1) is 0 Å². The summed E-state index contributed by atoms with van der Waals surface area (Å²) in [6.45, 7) is 0.256. The Labute approximate surface area is 157 Å². The highest BCUT2D eigenvalue weighted by atomic mass is 16.6. The standard InChI is InChI=1S/C16H13N7O5/c24-14(12-9-17-4-5-18-12)19-6-7-20-15(25)16-21-13(22-28-16)10-2-1-3-11(8-10)23(26)27/h1-5,8-9H,6-7H2,(H,19,24)(H,20,25). The molecule has 28 heavy (non-hydrogen) atoms. The zero-order chi connectivity index (χ0) is 19.9. The molecule has 0 aliphatic carbocycles. The molecule has 2 aromatic heterocycles. The molecule has 2 N–H and O–H groups in total. The minimum atomic E-state index is -0.641. The van der Waals surface area contributed by atoms with Crippen LogP contribution < -0.4 is 10.6 Å². The Morgan fingerprint density at radius 1 is 1.14 bits per heavy atom. The molecule has 0 fully saturated rings. The van der Waals surface area contributed by atoms with Gasteiger partial charge in [0.15, 0.2) is 0 Å². The summed E-state index contributed by atoms with van der Waals surface area (Å²) in [5, 5.41) is 19.5. The van der Waals surface area contributed by atoms with Gasteiger partial charge >= 0.3 is 11.8 Å². The molecule has 142 valence electrons. The molecule has 3 rings (SSSR count). The second-order valence-electron chi connectivity index (χ2n) is 5.33. The van der Waals surface area contributed by atoms with Crippen molar-refractivity contribution in [2.75, 3.05) is 13.1 Å². The second-order valence-corrected chi connectivity index (χ2v) is 5.33. The SMILES string of the molecule is O=C(NCCNC(=O)c1nc(-c2cccc([N+](=O)[O-])c2)no1)c1cnccn1. The smallest absolute Gasteiger partial charge is 0.316 e. The van der Waals surface area contributed by atoms with Crippen molar-refractivity contribution >= 4 is 17.5 Å². The van der Waals surface area contributed by atoms with Gasteiger partial charge in [0.1, 0.15) is 5.69 Å². The van der Waals surface area contributed by atoms with Crippen molar-refractivity contribution in [1.29, 1.82) is 0 Å². The molecular formula is C16H13N7O5. The zero-order valence-electron chi connectivity index (χ0n) is 14.2. The van der Waals surface area contributed by atoms with Crippen LogP contribution in [0, 0.1) is 10.1 Å². The maximum atomic E-state index is 12.0. The summed E-state index contributed by atoms with van der Waals surface area (Å²) < 4.78 is 4.88. The van der Waals surface area contributed by atoms with Crippen LogP contribution in [0.4, 0.5) is 5.69 Å². The van der Waals surface area contributed by atoms with Crippen LogP contribution in [-0.4, -0.2) is 49.9 Å². The summed E-state index contributed by atoms with van der Waals surface area (Å²) in [5.41, 5.74) is 0.368. The summed E-state index contributed by atoms with van der Waals surface area (Å²) >= 11 is 0. The first-order valence-electron chi connectivity index (χ1n) is 7.95. The van der Waals surface area contributed by atoms with Crippen molar-refractivity contribution in [3.63, 3.8) is 0 Å². The van der Waals surface area contributed by atoms with E-state index in [2.05, 4.69) is 30.7 Å². The van der Waals surface area contributed by atoms with Crippen molar-refractivity contribution in [1.82, 2.24) is 30.7 Å². The van der Waals surface area contributed by atoms with E-state index >= 15 is 0 Å². The number of nitrogens with one attached hydrogen (secondary N) is 2. The van der Waals surface area contributed by atoms with Crippen molar-refractivity contribution < 1.29 is 19.0 Å². The Hall–Kier alpha value is -4.22. The Kier molecular flexibility index (Phi) is 5.60. The van der Waals surface area contributed by atoms with Gasteiger partial charge in [-0.05, 0) is 0 Å². The van der Waals surface area contributed by atoms with E-state index in [1.165, 1.54) is 36.8 Å². The third-order valence-corrected chi connectivity index (χ3v) is 3.43. The maximum Gasteiger partial charge on any atom is 0.316 e. The first kappa shape index (κ1) is 18.6. The molecule has 1 aromatic carbocycles. The zero-order valence-corrected chi connectivity index (χ0v) is 14.2. The average Bonchev–Trinajstić information content (AvgIpc) is 3.22. The van der Waals surface area contributed by atoms with Gasteiger partial charge in [-0.3, -0.25) is 24.7 Å². The van der Waals surface area contributed by atoms with Crippen LogP contribution in [0.2, 0.25) is 0 Å². The number of hydrogen-bond acceptors (Lipinski definition) is 9. The largest absolute Gasteiger partial charge is 0.349 e. The fourth-order valence-electron chi connectivity index (χ4n) is 2.13. The van der Waals surface area contributed by atoms with Crippen molar-refractivity contribution in [2.24, 2.45) is 0 Å². The second kappa shape index (κ2) is 8.44. The summed E-state index contributed by atoms with van der Waals surface area (Å²) in [7, 11) is 0. The number of carbonyl (C=O) groups is 2. The molecule has 0 spiro atoms. The lowest BCUT2D eigenvalue weighted by Crippen LogP contribution is -2.35. The summed E-state index contributed by atoms with van der Waals surface area (Å²) in [5.74, 6) is -1.32. The van der Waals surface area contributed by atoms with Gasteiger partial charge in [0.25, 0.3) is 11.6 Å². The van der Waals surface area contributed by atoms with E-state index in [9.17, 15) is 19.7 Å². The summed E-state index contributed by atoms with van der Waals surface area (Å²) in [6.07, 6.45) is 4.16. The highest BCUT2D eigenvalue weighted by molar-refractivity contribution is 5.92. The first-order chi connectivity index (χ1) is 13.5. The summed E-state index contributed by atoms with van der Waals surface area (Å²) in [4.78, 5) is 45.6. The minimum absolute atomic E-state index is 0.0461. The lowest BCUT2D eigenvalue weighted by Gasteiger charge is -2.04. The average molecular weight is 383 g/mol. The quantitative estimate of drug-likeness (QED) is 0.337. The van der Waals surface area contributed by atoms with Gasteiger partial charge in [0, 0.05) is 43.2 Å². The van der Waals surface area contributed by atoms with E-state index in [0.29, 0.717) is 5.56 Å². The van der Waals surface area contributed by atoms with Gasteiger partial charge < -0.3 is 15.2 Å². The number of benzene rings is 1. The number of non-ortho nitro benzene ring substituents is 1. The minimum Gasteiger partial charge on any atom is -0.349 e. The van der Waals surface area contributed by atoms with E-state index in [1.54, 1.807) is 6.07 Å². The van der Waals surface area contributed by atoms with Gasteiger partial charge in [-0.25, -0.2) is 4.98 Å². The van der Waals surface area contributed by atoms with Crippen LogP contribution in [-0.2, 0) is 0 Å². The van der Waals surface area contributed by atoms with Gasteiger partial charge in [-0.2, -0.15) is 4.98 Å². The normalized spacial score (nSPS) is 10.3. The molecular weight excluding hydrogens is 370 g/mol. The number of nitrogens with zero attached hydrogens (tertiary/aromatic N) is 5. The van der Waals surface area contributed by atoms with Crippen LogP contribution in [0.15, 0.2) is 47.4 Å². The van der Waals surface area contributed by atoms with E-state index < -0.39 is 16.7 Å². The van der Waals surface area contributed by atoms with Crippen molar-refractivity contribution in [3.8, 4) is 11.4 Å². The molecule has 12 heteroatoms. The highest BCUT2D eigenvalue weighted by Crippen LogP contribution is 2.21. The fourth-order valence-corrected chi connectivity index (χ4v) is 2.13. The number of carbonyl (C=O) groups excluding carboxylic acids is 2. The number of aromatic nitrogens is 4. The lowest BCUT2D eigenvalue weighted by molar-refractivity contribution is -0.384. The number of nitro groups is 1. The molecule has 0 saturated heterocycles. The highest BCUT2D eigenvalue weighted by Gasteiger charge is 2.17. The molecule has 2 amide bonds. The fraction of sp³-hybridized carbons (Fsp3) is 0.125. The maximum absolute atomic E-state index is 12.0. The van der Waals surface area contributed by atoms with E-state index in [-0.39, 0.29) is 36.2 Å². The molecule has 0 radical (unpaired) electrons. The Morgan fingerprint density at radius 2 is 1.93 bits per heavy atom. The predicted octanol–water partition coefficient (Wildman–Crippen LogP) is 0.595. The van der Waals surface area contributed by atoms with E-state index in [4.69, 9.17) is 4.52 Å². The molecule has 0 unspecified atom stereocenters. The van der Waals surface area contributed by atoms with Crippen LogP contribution >= 0.6 is 0 Å². The third kappa shape index (κ3) is 4.49. The Bertz CT molecular complexity index is 1010. The first-order valence-corrected chi connectivity index (χ1v) is 7.95. The predicted molar refractivity (Wildman–Crippen MR) is 93.1 cm³/mol. The Morgan fingerprint density at radius 3 is 2.64 bits per heavy atom.